The molecule has 2 rings (SSSR count). The van der Waals surface area contributed by atoms with Crippen molar-refractivity contribution in [1.82, 2.24) is 0 Å². The van der Waals surface area contributed by atoms with Gasteiger partial charge in [0.15, 0.2) is 0 Å². The molecule has 1 aromatic rings. The first-order valence-electron chi connectivity index (χ1n) is 6.79. The lowest BCUT2D eigenvalue weighted by molar-refractivity contribution is 0.388. The molecule has 1 aromatic carbocycles. The van der Waals surface area contributed by atoms with Crippen LogP contribution in [-0.2, 0) is 0 Å². The average molecular weight is 235 g/mol. The SMILES string of the molecule is CCCCC(CC)C1CNc2ccc(F)cc21. The molecule has 0 bridgehead atoms. The van der Waals surface area contributed by atoms with E-state index in [0.717, 1.165) is 12.2 Å². The van der Waals surface area contributed by atoms with Crippen LogP contribution in [0.3, 0.4) is 0 Å². The van der Waals surface area contributed by atoms with Gasteiger partial charge in [-0.2, -0.15) is 0 Å². The smallest absolute Gasteiger partial charge is 0.123 e. The lowest BCUT2D eigenvalue weighted by Crippen LogP contribution is -2.14. The molecule has 17 heavy (non-hydrogen) atoms. The third-order valence-corrected chi connectivity index (χ3v) is 3.95. The Hall–Kier alpha value is -1.05. The van der Waals surface area contributed by atoms with Gasteiger partial charge in [0.05, 0.1) is 0 Å². The van der Waals surface area contributed by atoms with Crippen LogP contribution in [-0.4, -0.2) is 6.54 Å². The molecule has 2 atom stereocenters. The summed E-state index contributed by atoms with van der Waals surface area (Å²) in [5, 5.41) is 3.40. The molecule has 0 fully saturated rings. The van der Waals surface area contributed by atoms with E-state index in [9.17, 15) is 4.39 Å². The van der Waals surface area contributed by atoms with Crippen molar-refractivity contribution in [2.45, 2.75) is 45.4 Å². The van der Waals surface area contributed by atoms with Crippen LogP contribution in [0.4, 0.5) is 10.1 Å². The third kappa shape index (κ3) is 2.62. The second kappa shape index (κ2) is 5.52. The van der Waals surface area contributed by atoms with Gasteiger partial charge in [-0.1, -0.05) is 33.1 Å². The highest BCUT2D eigenvalue weighted by Gasteiger charge is 2.28. The molecule has 1 heterocycles. The minimum Gasteiger partial charge on any atom is -0.384 e. The monoisotopic (exact) mass is 235 g/mol. The van der Waals surface area contributed by atoms with E-state index in [1.165, 1.54) is 31.2 Å². The predicted molar refractivity (Wildman–Crippen MR) is 70.9 cm³/mol. The van der Waals surface area contributed by atoms with E-state index in [2.05, 4.69) is 19.2 Å². The van der Waals surface area contributed by atoms with Gasteiger partial charge in [-0.15, -0.1) is 0 Å². The Morgan fingerprint density at radius 3 is 2.94 bits per heavy atom. The Bertz CT molecular complexity index is 375. The zero-order chi connectivity index (χ0) is 12.3. The lowest BCUT2D eigenvalue weighted by Gasteiger charge is -2.22. The molecular formula is C15H22FN. The number of rotatable bonds is 5. The van der Waals surface area contributed by atoms with Crippen LogP contribution in [0.2, 0.25) is 0 Å². The minimum atomic E-state index is -0.109. The second-order valence-electron chi connectivity index (χ2n) is 5.03. The molecule has 2 unspecified atom stereocenters. The van der Waals surface area contributed by atoms with Crippen molar-refractivity contribution in [2.75, 3.05) is 11.9 Å². The van der Waals surface area contributed by atoms with Crippen LogP contribution in [0, 0.1) is 11.7 Å². The summed E-state index contributed by atoms with van der Waals surface area (Å²) < 4.78 is 13.3. The zero-order valence-corrected chi connectivity index (χ0v) is 10.8. The van der Waals surface area contributed by atoms with Crippen molar-refractivity contribution >= 4 is 5.69 Å². The number of benzene rings is 1. The molecule has 0 spiro atoms. The van der Waals surface area contributed by atoms with Crippen LogP contribution < -0.4 is 5.32 Å². The predicted octanol–water partition coefficient (Wildman–Crippen LogP) is 4.55. The molecule has 2 heteroatoms. The maximum Gasteiger partial charge on any atom is 0.123 e. The van der Waals surface area contributed by atoms with Gasteiger partial charge in [0, 0.05) is 18.2 Å². The van der Waals surface area contributed by atoms with E-state index in [0.29, 0.717) is 11.8 Å². The standard InChI is InChI=1S/C15H22FN/c1-3-5-6-11(4-2)14-10-17-15-8-7-12(16)9-13(14)15/h7-9,11,14,17H,3-6,10H2,1-2H3. The molecule has 1 aliphatic rings. The summed E-state index contributed by atoms with van der Waals surface area (Å²) >= 11 is 0. The molecule has 0 saturated heterocycles. The van der Waals surface area contributed by atoms with Crippen LogP contribution in [0.5, 0.6) is 0 Å². The maximum atomic E-state index is 13.3. The highest BCUT2D eigenvalue weighted by molar-refractivity contribution is 5.58. The average Bonchev–Trinajstić information content (AvgIpc) is 2.73. The Morgan fingerprint density at radius 2 is 2.24 bits per heavy atom. The first-order valence-corrected chi connectivity index (χ1v) is 6.79. The molecule has 0 radical (unpaired) electrons. The fraction of sp³-hybridized carbons (Fsp3) is 0.600. The number of nitrogens with one attached hydrogen (secondary N) is 1. The van der Waals surface area contributed by atoms with Gasteiger partial charge in [-0.05, 0) is 36.1 Å². The molecule has 0 saturated carbocycles. The van der Waals surface area contributed by atoms with Crippen molar-refractivity contribution in [2.24, 2.45) is 5.92 Å². The first kappa shape index (κ1) is 12.4. The highest BCUT2D eigenvalue weighted by Crippen LogP contribution is 2.39. The molecule has 1 nitrogen and oxygen atoms in total. The Balaban J connectivity index is 2.16. The molecule has 0 aliphatic carbocycles. The normalized spacial score (nSPS) is 19.8. The third-order valence-electron chi connectivity index (χ3n) is 3.95. The van der Waals surface area contributed by atoms with E-state index in [1.54, 1.807) is 12.1 Å². The van der Waals surface area contributed by atoms with E-state index >= 15 is 0 Å². The van der Waals surface area contributed by atoms with Crippen molar-refractivity contribution in [3.8, 4) is 0 Å². The molecule has 1 aliphatic heterocycles. The molecule has 0 amide bonds. The van der Waals surface area contributed by atoms with E-state index in [4.69, 9.17) is 0 Å². The van der Waals surface area contributed by atoms with Gasteiger partial charge in [0.2, 0.25) is 0 Å². The molecule has 0 aromatic heterocycles. The quantitative estimate of drug-likeness (QED) is 0.789. The Morgan fingerprint density at radius 1 is 1.41 bits per heavy atom. The Labute approximate surface area is 103 Å². The lowest BCUT2D eigenvalue weighted by atomic mass is 9.82. The van der Waals surface area contributed by atoms with Crippen molar-refractivity contribution in [3.63, 3.8) is 0 Å². The maximum absolute atomic E-state index is 13.3. The summed E-state index contributed by atoms with van der Waals surface area (Å²) in [7, 11) is 0. The summed E-state index contributed by atoms with van der Waals surface area (Å²) in [6.07, 6.45) is 4.96. The van der Waals surface area contributed by atoms with Crippen LogP contribution >= 0.6 is 0 Å². The van der Waals surface area contributed by atoms with Gasteiger partial charge in [-0.3, -0.25) is 0 Å². The van der Waals surface area contributed by atoms with Gasteiger partial charge < -0.3 is 5.32 Å². The van der Waals surface area contributed by atoms with Crippen LogP contribution in [0.15, 0.2) is 18.2 Å². The van der Waals surface area contributed by atoms with Crippen molar-refractivity contribution in [3.05, 3.63) is 29.6 Å². The van der Waals surface area contributed by atoms with Gasteiger partial charge >= 0.3 is 0 Å². The number of hydrogen-bond donors (Lipinski definition) is 1. The number of hydrogen-bond acceptors (Lipinski definition) is 1. The number of unbranched alkanes of at least 4 members (excludes halogenated alkanes) is 1. The summed E-state index contributed by atoms with van der Waals surface area (Å²) in [6.45, 7) is 5.45. The van der Waals surface area contributed by atoms with Crippen molar-refractivity contribution < 1.29 is 4.39 Å². The summed E-state index contributed by atoms with van der Waals surface area (Å²) in [4.78, 5) is 0. The molecule has 1 N–H and O–H groups in total. The topological polar surface area (TPSA) is 12.0 Å². The largest absolute Gasteiger partial charge is 0.384 e. The van der Waals surface area contributed by atoms with E-state index < -0.39 is 0 Å². The van der Waals surface area contributed by atoms with Crippen molar-refractivity contribution in [1.29, 1.82) is 0 Å². The fourth-order valence-electron chi connectivity index (χ4n) is 2.91. The Kier molecular flexibility index (Phi) is 4.03. The van der Waals surface area contributed by atoms with Gasteiger partial charge in [0.25, 0.3) is 0 Å². The van der Waals surface area contributed by atoms with E-state index in [-0.39, 0.29) is 5.82 Å². The van der Waals surface area contributed by atoms with Crippen LogP contribution in [0.1, 0.15) is 51.0 Å². The first-order chi connectivity index (χ1) is 8.26. The van der Waals surface area contributed by atoms with Crippen LogP contribution in [0.25, 0.3) is 0 Å². The van der Waals surface area contributed by atoms with Gasteiger partial charge in [-0.25, -0.2) is 4.39 Å². The number of fused-ring (bicyclic) bond motifs is 1. The minimum absolute atomic E-state index is 0.109. The summed E-state index contributed by atoms with van der Waals surface area (Å²) in [6, 6.07) is 5.13. The zero-order valence-electron chi connectivity index (χ0n) is 10.8. The molecule has 94 valence electrons. The number of anilines is 1. The molecular weight excluding hydrogens is 213 g/mol. The summed E-state index contributed by atoms with van der Waals surface area (Å²) in [5.74, 6) is 1.07. The summed E-state index contributed by atoms with van der Waals surface area (Å²) in [5.41, 5.74) is 2.32. The van der Waals surface area contributed by atoms with E-state index in [1.807, 2.05) is 6.07 Å². The highest BCUT2D eigenvalue weighted by atomic mass is 19.1. The fourth-order valence-corrected chi connectivity index (χ4v) is 2.91. The second-order valence-corrected chi connectivity index (χ2v) is 5.03. The van der Waals surface area contributed by atoms with Gasteiger partial charge in [0.1, 0.15) is 5.82 Å². The number of halogens is 1.